The summed E-state index contributed by atoms with van der Waals surface area (Å²) < 4.78 is 12.4. The summed E-state index contributed by atoms with van der Waals surface area (Å²) in [4.78, 5) is 4.57. The van der Waals surface area contributed by atoms with Gasteiger partial charge in [-0.2, -0.15) is 9.61 Å². The van der Waals surface area contributed by atoms with E-state index in [0.717, 1.165) is 22.4 Å². The largest absolute Gasteiger partial charge is 0.493 e. The van der Waals surface area contributed by atoms with Gasteiger partial charge in [0.25, 0.3) is 0 Å². The van der Waals surface area contributed by atoms with Crippen molar-refractivity contribution < 1.29 is 9.47 Å². The number of nitrogens with two attached hydrogens (primary N) is 1. The van der Waals surface area contributed by atoms with Gasteiger partial charge in [0.15, 0.2) is 17.1 Å². The summed E-state index contributed by atoms with van der Waals surface area (Å²) in [6.07, 6.45) is 1.76. The van der Waals surface area contributed by atoms with Crippen LogP contribution >= 0.6 is 0 Å². The molecule has 2 N–H and O–H groups in total. The van der Waals surface area contributed by atoms with Crippen molar-refractivity contribution in [3.63, 3.8) is 0 Å². The van der Waals surface area contributed by atoms with Crippen molar-refractivity contribution >= 4 is 11.5 Å². The third-order valence-corrected chi connectivity index (χ3v) is 5.26. The number of anilines is 1. The van der Waals surface area contributed by atoms with Gasteiger partial charge < -0.3 is 15.2 Å². The first-order valence-electron chi connectivity index (χ1n) is 9.79. The molecule has 0 aliphatic heterocycles. The molecule has 0 fully saturated rings. The Morgan fingerprint density at radius 3 is 2.17 bits per heavy atom. The highest BCUT2D eigenvalue weighted by atomic mass is 16.5. The molecule has 4 aromatic rings. The molecule has 0 aliphatic rings. The van der Waals surface area contributed by atoms with Crippen molar-refractivity contribution in [3.05, 3.63) is 60.3 Å². The van der Waals surface area contributed by atoms with Gasteiger partial charge in [0.2, 0.25) is 0 Å². The highest BCUT2D eigenvalue weighted by Gasteiger charge is 2.16. The zero-order valence-corrected chi connectivity index (χ0v) is 17.9. The van der Waals surface area contributed by atoms with Crippen molar-refractivity contribution in [2.45, 2.75) is 26.2 Å². The van der Waals surface area contributed by atoms with Crippen LogP contribution in [0.25, 0.3) is 28.0 Å². The minimum Gasteiger partial charge on any atom is -0.493 e. The minimum absolute atomic E-state index is 0.109. The van der Waals surface area contributed by atoms with Crippen LogP contribution in [-0.4, -0.2) is 28.8 Å². The van der Waals surface area contributed by atoms with Crippen molar-refractivity contribution in [3.8, 4) is 33.9 Å². The number of hydrogen-bond acceptors (Lipinski definition) is 5. The molecule has 30 heavy (non-hydrogen) atoms. The summed E-state index contributed by atoms with van der Waals surface area (Å²) in [5, 5.41) is 4.71. The van der Waals surface area contributed by atoms with E-state index >= 15 is 0 Å². The lowest BCUT2D eigenvalue weighted by Crippen LogP contribution is -2.10. The second-order valence-corrected chi connectivity index (χ2v) is 8.25. The van der Waals surface area contributed by atoms with Gasteiger partial charge in [-0.1, -0.05) is 51.1 Å². The van der Waals surface area contributed by atoms with Gasteiger partial charge >= 0.3 is 0 Å². The number of nitrogen functional groups attached to an aromatic ring is 1. The van der Waals surface area contributed by atoms with Crippen molar-refractivity contribution in [2.75, 3.05) is 20.0 Å². The molecule has 0 bridgehead atoms. The molecule has 6 nitrogen and oxygen atoms in total. The first-order chi connectivity index (χ1) is 14.3. The molecule has 2 aromatic heterocycles. The molecule has 0 atom stereocenters. The standard InChI is InChI=1S/C24H26N4O2/c1-24(2,3)17-9-6-15(7-10-17)19-13-22-26-14-18(23(25)28(22)27-19)16-8-11-20(29-4)21(12-16)30-5/h6-14H,25H2,1-5H3. The topological polar surface area (TPSA) is 74.7 Å². The number of hydrogen-bond donors (Lipinski definition) is 1. The van der Waals surface area contributed by atoms with E-state index in [-0.39, 0.29) is 5.41 Å². The second-order valence-electron chi connectivity index (χ2n) is 8.25. The molecule has 0 radical (unpaired) electrons. The molecule has 0 unspecified atom stereocenters. The third-order valence-electron chi connectivity index (χ3n) is 5.26. The first kappa shape index (κ1) is 19.8. The molecular weight excluding hydrogens is 376 g/mol. The lowest BCUT2D eigenvalue weighted by atomic mass is 9.86. The van der Waals surface area contributed by atoms with Crippen LogP contribution in [-0.2, 0) is 5.41 Å². The highest BCUT2D eigenvalue weighted by molar-refractivity contribution is 5.77. The summed E-state index contributed by atoms with van der Waals surface area (Å²) >= 11 is 0. The fourth-order valence-electron chi connectivity index (χ4n) is 3.46. The van der Waals surface area contributed by atoms with Crippen LogP contribution in [0.3, 0.4) is 0 Å². The van der Waals surface area contributed by atoms with E-state index in [1.54, 1.807) is 24.9 Å². The van der Waals surface area contributed by atoms with Gasteiger partial charge in [-0.25, -0.2) is 4.98 Å². The molecule has 0 amide bonds. The van der Waals surface area contributed by atoms with Gasteiger partial charge in [-0.05, 0) is 28.7 Å². The molecule has 0 aliphatic carbocycles. The van der Waals surface area contributed by atoms with Gasteiger partial charge in [0.05, 0.1) is 19.9 Å². The molecule has 2 heterocycles. The van der Waals surface area contributed by atoms with Crippen LogP contribution in [0, 0.1) is 0 Å². The van der Waals surface area contributed by atoms with E-state index in [2.05, 4.69) is 50.0 Å². The summed E-state index contributed by atoms with van der Waals surface area (Å²) in [5.41, 5.74) is 12.1. The van der Waals surface area contributed by atoms with Crippen molar-refractivity contribution in [2.24, 2.45) is 0 Å². The smallest absolute Gasteiger partial charge is 0.161 e. The molecule has 2 aromatic carbocycles. The second kappa shape index (κ2) is 7.37. The molecule has 0 saturated carbocycles. The summed E-state index contributed by atoms with van der Waals surface area (Å²) in [6.45, 7) is 6.60. The molecule has 154 valence electrons. The van der Waals surface area contributed by atoms with Crippen LogP contribution < -0.4 is 15.2 Å². The van der Waals surface area contributed by atoms with Crippen LogP contribution in [0.4, 0.5) is 5.82 Å². The molecular formula is C24H26N4O2. The Labute approximate surface area is 176 Å². The first-order valence-corrected chi connectivity index (χ1v) is 9.79. The third kappa shape index (κ3) is 3.45. The molecule has 4 rings (SSSR count). The predicted molar refractivity (Wildman–Crippen MR) is 120 cm³/mol. The number of rotatable bonds is 4. The van der Waals surface area contributed by atoms with Crippen LogP contribution in [0.15, 0.2) is 54.7 Å². The number of methoxy groups -OCH3 is 2. The summed E-state index contributed by atoms with van der Waals surface area (Å²) in [5.74, 6) is 1.81. The van der Waals surface area contributed by atoms with E-state index in [0.29, 0.717) is 23.0 Å². The lowest BCUT2D eigenvalue weighted by molar-refractivity contribution is 0.355. The van der Waals surface area contributed by atoms with Gasteiger partial charge in [0.1, 0.15) is 5.82 Å². The SMILES string of the molecule is COc1ccc(-c2cnc3cc(-c4ccc(C(C)(C)C)cc4)nn3c2N)cc1OC. The number of benzene rings is 2. The minimum atomic E-state index is 0.109. The van der Waals surface area contributed by atoms with Gasteiger partial charge in [-0.3, -0.25) is 0 Å². The van der Waals surface area contributed by atoms with Crippen LogP contribution in [0.5, 0.6) is 11.5 Å². The zero-order valence-electron chi connectivity index (χ0n) is 17.9. The quantitative estimate of drug-likeness (QED) is 0.522. The maximum Gasteiger partial charge on any atom is 0.161 e. The Morgan fingerprint density at radius 1 is 0.867 bits per heavy atom. The summed E-state index contributed by atoms with van der Waals surface area (Å²) in [6, 6.07) is 16.1. The number of ether oxygens (including phenoxy) is 2. The van der Waals surface area contributed by atoms with E-state index < -0.39 is 0 Å². The Bertz CT molecular complexity index is 1200. The Morgan fingerprint density at radius 2 is 1.53 bits per heavy atom. The normalized spacial score (nSPS) is 11.6. The molecule has 6 heteroatoms. The fourth-order valence-corrected chi connectivity index (χ4v) is 3.46. The van der Waals surface area contributed by atoms with Crippen molar-refractivity contribution in [1.29, 1.82) is 0 Å². The monoisotopic (exact) mass is 402 g/mol. The molecule has 0 saturated heterocycles. The Kier molecular flexibility index (Phi) is 4.86. The van der Waals surface area contributed by atoms with Crippen LogP contribution in [0.1, 0.15) is 26.3 Å². The van der Waals surface area contributed by atoms with E-state index in [1.165, 1.54) is 5.56 Å². The number of nitrogens with zero attached hydrogens (tertiary/aromatic N) is 3. The zero-order chi connectivity index (χ0) is 21.5. The van der Waals surface area contributed by atoms with E-state index in [1.807, 2.05) is 24.3 Å². The maximum atomic E-state index is 6.47. The average Bonchev–Trinajstić information content (AvgIpc) is 3.18. The summed E-state index contributed by atoms with van der Waals surface area (Å²) in [7, 11) is 3.22. The maximum absolute atomic E-state index is 6.47. The highest BCUT2D eigenvalue weighted by Crippen LogP contribution is 2.35. The van der Waals surface area contributed by atoms with Gasteiger partial charge in [-0.15, -0.1) is 0 Å². The van der Waals surface area contributed by atoms with Crippen LogP contribution in [0.2, 0.25) is 0 Å². The van der Waals surface area contributed by atoms with E-state index in [4.69, 9.17) is 20.3 Å². The Hall–Kier alpha value is -3.54. The fraction of sp³-hybridized carbons (Fsp3) is 0.250. The van der Waals surface area contributed by atoms with Crippen molar-refractivity contribution in [1.82, 2.24) is 14.6 Å². The number of fused-ring (bicyclic) bond motifs is 1. The van der Waals surface area contributed by atoms with Gasteiger partial charge in [0, 0.05) is 23.4 Å². The van der Waals surface area contributed by atoms with E-state index in [9.17, 15) is 0 Å². The number of aromatic nitrogens is 3. The Balaban J connectivity index is 1.76. The average molecular weight is 402 g/mol. The molecule has 0 spiro atoms. The lowest BCUT2D eigenvalue weighted by Gasteiger charge is -2.18. The predicted octanol–water partition coefficient (Wildman–Crippen LogP) is 4.96.